The Labute approximate surface area is 147 Å². The molecule has 1 aliphatic heterocycles. The minimum atomic E-state index is 0.0557. The van der Waals surface area contributed by atoms with Gasteiger partial charge in [0.25, 0.3) is 5.91 Å². The quantitative estimate of drug-likeness (QED) is 0.872. The van der Waals surface area contributed by atoms with Gasteiger partial charge in [-0.15, -0.1) is 0 Å². The molecule has 3 rings (SSSR count). The predicted molar refractivity (Wildman–Crippen MR) is 95.2 cm³/mol. The third-order valence-electron chi connectivity index (χ3n) is 4.36. The molecule has 3 heterocycles. The fraction of sp³-hybridized carbons (Fsp3) is 0.529. The number of carbonyl (C=O) groups is 1. The van der Waals surface area contributed by atoms with E-state index < -0.39 is 0 Å². The summed E-state index contributed by atoms with van der Waals surface area (Å²) in [6, 6.07) is 0. The van der Waals surface area contributed by atoms with E-state index >= 15 is 0 Å². The van der Waals surface area contributed by atoms with E-state index in [9.17, 15) is 4.79 Å². The van der Waals surface area contributed by atoms with Gasteiger partial charge in [-0.05, 0) is 13.3 Å². The third kappa shape index (κ3) is 4.33. The first-order valence-electron chi connectivity index (χ1n) is 8.70. The van der Waals surface area contributed by atoms with Crippen LogP contribution in [0.5, 0.6) is 0 Å². The lowest BCUT2D eigenvalue weighted by Gasteiger charge is -2.22. The van der Waals surface area contributed by atoms with Crippen LogP contribution in [0.4, 0.5) is 5.95 Å². The molecular formula is C17H25N7O. The van der Waals surface area contributed by atoms with Gasteiger partial charge in [0.05, 0.1) is 12.5 Å². The van der Waals surface area contributed by atoms with E-state index in [0.29, 0.717) is 11.6 Å². The maximum atomic E-state index is 12.6. The first-order valence-corrected chi connectivity index (χ1v) is 8.70. The highest BCUT2D eigenvalue weighted by Gasteiger charge is 2.22. The average molecular weight is 343 g/mol. The zero-order chi connectivity index (χ0) is 17.6. The Morgan fingerprint density at radius 2 is 1.96 bits per heavy atom. The van der Waals surface area contributed by atoms with Gasteiger partial charge >= 0.3 is 0 Å². The van der Waals surface area contributed by atoms with Gasteiger partial charge in [-0.3, -0.25) is 9.69 Å². The van der Waals surface area contributed by atoms with Crippen LogP contribution in [0.15, 0.2) is 24.9 Å². The first-order chi connectivity index (χ1) is 12.2. The minimum Gasteiger partial charge on any atom is -0.355 e. The molecule has 0 radical (unpaired) electrons. The van der Waals surface area contributed by atoms with Crippen LogP contribution in [0.3, 0.4) is 0 Å². The van der Waals surface area contributed by atoms with E-state index in [1.807, 2.05) is 31.3 Å². The number of amides is 1. The molecule has 2 aromatic rings. The molecule has 0 atom stereocenters. The number of nitrogens with zero attached hydrogens (tertiary/aromatic N) is 6. The van der Waals surface area contributed by atoms with Gasteiger partial charge < -0.3 is 14.8 Å². The van der Waals surface area contributed by atoms with Gasteiger partial charge in [-0.2, -0.15) is 0 Å². The summed E-state index contributed by atoms with van der Waals surface area (Å²) in [5.74, 6) is 0.718. The summed E-state index contributed by atoms with van der Waals surface area (Å²) in [6.45, 7) is 6.94. The molecule has 0 spiro atoms. The Morgan fingerprint density at radius 3 is 2.64 bits per heavy atom. The molecular weight excluding hydrogens is 318 g/mol. The third-order valence-corrected chi connectivity index (χ3v) is 4.36. The van der Waals surface area contributed by atoms with Crippen LogP contribution in [0.25, 0.3) is 0 Å². The van der Waals surface area contributed by atoms with Crippen LogP contribution in [-0.2, 0) is 13.6 Å². The summed E-state index contributed by atoms with van der Waals surface area (Å²) in [7, 11) is 1.85. The molecule has 8 heteroatoms. The van der Waals surface area contributed by atoms with Crippen LogP contribution >= 0.6 is 0 Å². The lowest BCUT2D eigenvalue weighted by molar-refractivity contribution is 0.0751. The molecule has 1 N–H and O–H groups in total. The van der Waals surface area contributed by atoms with Crippen molar-refractivity contribution in [2.75, 3.05) is 38.0 Å². The molecule has 1 amide bonds. The van der Waals surface area contributed by atoms with Gasteiger partial charge in [0, 0.05) is 64.3 Å². The maximum Gasteiger partial charge on any atom is 0.272 e. The highest BCUT2D eigenvalue weighted by Crippen LogP contribution is 2.11. The molecule has 0 saturated carbocycles. The lowest BCUT2D eigenvalue weighted by Crippen LogP contribution is -2.36. The number of imidazole rings is 1. The van der Waals surface area contributed by atoms with Crippen LogP contribution in [0.2, 0.25) is 0 Å². The van der Waals surface area contributed by atoms with Crippen LogP contribution in [0.1, 0.15) is 29.4 Å². The van der Waals surface area contributed by atoms with Crippen molar-refractivity contribution in [3.63, 3.8) is 0 Å². The Balaban J connectivity index is 1.56. The number of anilines is 1. The van der Waals surface area contributed by atoms with Crippen molar-refractivity contribution in [3.8, 4) is 0 Å². The van der Waals surface area contributed by atoms with Crippen LogP contribution < -0.4 is 5.32 Å². The van der Waals surface area contributed by atoms with E-state index in [-0.39, 0.29) is 5.91 Å². The highest BCUT2D eigenvalue weighted by molar-refractivity contribution is 5.92. The second-order valence-electron chi connectivity index (χ2n) is 6.26. The summed E-state index contributed by atoms with van der Waals surface area (Å²) in [5, 5.41) is 3.10. The molecule has 2 aromatic heterocycles. The largest absolute Gasteiger partial charge is 0.355 e. The van der Waals surface area contributed by atoms with Gasteiger partial charge in [-0.1, -0.05) is 0 Å². The van der Waals surface area contributed by atoms with Crippen molar-refractivity contribution in [2.45, 2.75) is 19.9 Å². The van der Waals surface area contributed by atoms with Crippen molar-refractivity contribution in [1.29, 1.82) is 0 Å². The summed E-state index contributed by atoms with van der Waals surface area (Å²) in [6.07, 6.45) is 7.99. The van der Waals surface area contributed by atoms with Crippen molar-refractivity contribution in [2.24, 2.45) is 7.05 Å². The van der Waals surface area contributed by atoms with Gasteiger partial charge in [-0.25, -0.2) is 15.0 Å². The number of hydrogen-bond acceptors (Lipinski definition) is 6. The second kappa shape index (κ2) is 8.06. The molecule has 1 aliphatic rings. The summed E-state index contributed by atoms with van der Waals surface area (Å²) >= 11 is 0. The molecule has 0 bridgehead atoms. The van der Waals surface area contributed by atoms with E-state index in [0.717, 1.165) is 51.3 Å². The van der Waals surface area contributed by atoms with Crippen LogP contribution in [-0.4, -0.2) is 67.9 Å². The summed E-state index contributed by atoms with van der Waals surface area (Å²) in [5.41, 5.74) is 1.73. The predicted octanol–water partition coefficient (Wildman–Crippen LogP) is 0.990. The Morgan fingerprint density at radius 1 is 1.16 bits per heavy atom. The number of nitrogens with one attached hydrogen (secondary N) is 1. The standard InChI is InChI=1S/C17H25N7O/c1-3-19-17-20-9-14(10-21-17)12-23-5-4-6-24(8-7-23)16(25)15-11-18-13-22(15)2/h9-11,13H,3-8,12H2,1-2H3,(H,19,20,21). The van der Waals surface area contributed by atoms with Crippen molar-refractivity contribution in [3.05, 3.63) is 36.2 Å². The number of carbonyl (C=O) groups excluding carboxylic acids is 1. The fourth-order valence-corrected chi connectivity index (χ4v) is 3.00. The monoisotopic (exact) mass is 343 g/mol. The smallest absolute Gasteiger partial charge is 0.272 e. The summed E-state index contributed by atoms with van der Waals surface area (Å²) in [4.78, 5) is 29.6. The van der Waals surface area contributed by atoms with E-state index in [1.165, 1.54) is 0 Å². The van der Waals surface area contributed by atoms with Gasteiger partial charge in [0.15, 0.2) is 0 Å². The lowest BCUT2D eigenvalue weighted by atomic mass is 10.3. The molecule has 0 aromatic carbocycles. The zero-order valence-electron chi connectivity index (χ0n) is 14.9. The van der Waals surface area contributed by atoms with E-state index in [2.05, 4.69) is 25.2 Å². The molecule has 8 nitrogen and oxygen atoms in total. The van der Waals surface area contributed by atoms with Crippen molar-refractivity contribution in [1.82, 2.24) is 29.3 Å². The Bertz CT molecular complexity index is 697. The minimum absolute atomic E-state index is 0.0557. The van der Waals surface area contributed by atoms with Gasteiger partial charge in [0.1, 0.15) is 5.69 Å². The van der Waals surface area contributed by atoms with Gasteiger partial charge in [0.2, 0.25) is 5.95 Å². The molecule has 0 unspecified atom stereocenters. The number of hydrogen-bond donors (Lipinski definition) is 1. The van der Waals surface area contributed by atoms with Crippen LogP contribution in [0, 0.1) is 0 Å². The molecule has 0 aliphatic carbocycles. The molecule has 25 heavy (non-hydrogen) atoms. The first kappa shape index (κ1) is 17.3. The highest BCUT2D eigenvalue weighted by atomic mass is 16.2. The zero-order valence-corrected chi connectivity index (χ0v) is 14.9. The number of aryl methyl sites for hydroxylation is 1. The second-order valence-corrected chi connectivity index (χ2v) is 6.26. The van der Waals surface area contributed by atoms with Crippen molar-refractivity contribution >= 4 is 11.9 Å². The SMILES string of the molecule is CCNc1ncc(CN2CCCN(C(=O)c3cncn3C)CC2)cn1. The Kier molecular flexibility index (Phi) is 5.60. The maximum absolute atomic E-state index is 12.6. The van der Waals surface area contributed by atoms with E-state index in [4.69, 9.17) is 0 Å². The number of aromatic nitrogens is 4. The molecule has 134 valence electrons. The Hall–Kier alpha value is -2.48. The normalized spacial score (nSPS) is 15.8. The van der Waals surface area contributed by atoms with E-state index in [1.54, 1.807) is 17.1 Å². The average Bonchev–Trinajstić information content (AvgIpc) is 2.90. The molecule has 1 saturated heterocycles. The summed E-state index contributed by atoms with van der Waals surface area (Å²) < 4.78 is 1.77. The molecule has 1 fully saturated rings. The number of rotatable bonds is 5. The van der Waals surface area contributed by atoms with Crippen molar-refractivity contribution < 1.29 is 4.79 Å². The topological polar surface area (TPSA) is 79.2 Å². The fourth-order valence-electron chi connectivity index (χ4n) is 3.00.